The first kappa shape index (κ1) is 25.1. The Morgan fingerprint density at radius 3 is 2.28 bits per heavy atom. The molecule has 0 saturated carbocycles. The Hall–Kier alpha value is -4.19. The highest BCUT2D eigenvalue weighted by Crippen LogP contribution is 2.45. The molecule has 2 aliphatic heterocycles. The van der Waals surface area contributed by atoms with Crippen LogP contribution >= 0.6 is 0 Å². The van der Waals surface area contributed by atoms with E-state index in [4.69, 9.17) is 4.74 Å². The van der Waals surface area contributed by atoms with Crippen LogP contribution in [0.15, 0.2) is 29.1 Å². The van der Waals surface area contributed by atoms with Crippen LogP contribution in [-0.4, -0.2) is 20.6 Å². The van der Waals surface area contributed by atoms with Gasteiger partial charge in [-0.25, -0.2) is 31.3 Å². The van der Waals surface area contributed by atoms with Gasteiger partial charge in [0.1, 0.15) is 18.0 Å². The van der Waals surface area contributed by atoms with E-state index < -0.39 is 82.7 Å². The summed E-state index contributed by atoms with van der Waals surface area (Å²) >= 11 is 0. The molecule has 1 N–H and O–H groups in total. The molecular formula is C27H16F6N2O4. The van der Waals surface area contributed by atoms with Crippen molar-refractivity contribution in [3.63, 3.8) is 0 Å². The number of aromatic nitrogens is 2. The molecule has 2 aromatic carbocycles. The Morgan fingerprint density at radius 2 is 1.62 bits per heavy atom. The molecule has 4 heterocycles. The highest BCUT2D eigenvalue weighted by atomic mass is 19.2. The van der Waals surface area contributed by atoms with Crippen molar-refractivity contribution in [3.8, 4) is 22.5 Å². The zero-order chi connectivity index (χ0) is 28.0. The fourth-order valence-electron chi connectivity index (χ4n) is 5.36. The number of hydrogen-bond donors (Lipinski definition) is 1. The summed E-state index contributed by atoms with van der Waals surface area (Å²) in [4.78, 5) is 30.1. The third-order valence-electron chi connectivity index (χ3n) is 7.37. The number of carbonyl (C=O) groups is 1. The van der Waals surface area contributed by atoms with Crippen LogP contribution in [0.3, 0.4) is 0 Å². The molecule has 0 fully saturated rings. The molecule has 0 spiro atoms. The maximum atomic E-state index is 15.1. The van der Waals surface area contributed by atoms with Gasteiger partial charge in [-0.1, -0.05) is 6.92 Å². The van der Waals surface area contributed by atoms with Crippen molar-refractivity contribution in [3.05, 3.63) is 86.2 Å². The minimum atomic E-state index is -2.34. The number of halogens is 6. The van der Waals surface area contributed by atoms with Crippen LogP contribution < -0.4 is 5.56 Å². The second-order valence-electron chi connectivity index (χ2n) is 9.46. The topological polar surface area (TPSA) is 81.4 Å². The number of esters is 1. The van der Waals surface area contributed by atoms with Crippen LogP contribution in [0.4, 0.5) is 26.3 Å². The molecule has 2 aromatic heterocycles. The van der Waals surface area contributed by atoms with Crippen molar-refractivity contribution in [2.75, 3.05) is 0 Å². The third kappa shape index (κ3) is 3.43. The average molecular weight is 546 g/mol. The fraction of sp³-hybridized carbons (Fsp3) is 0.222. The average Bonchev–Trinajstić information content (AvgIpc) is 3.21. The van der Waals surface area contributed by atoms with E-state index in [2.05, 4.69) is 4.98 Å². The molecule has 1 atom stereocenters. The van der Waals surface area contributed by atoms with Crippen LogP contribution in [0.25, 0.3) is 33.4 Å². The lowest BCUT2D eigenvalue weighted by Gasteiger charge is -2.26. The molecular weight excluding hydrogens is 530 g/mol. The molecule has 0 saturated heterocycles. The van der Waals surface area contributed by atoms with Gasteiger partial charge >= 0.3 is 5.97 Å². The van der Waals surface area contributed by atoms with Crippen LogP contribution in [0.5, 0.6) is 0 Å². The zero-order valence-corrected chi connectivity index (χ0v) is 20.0. The first-order valence-corrected chi connectivity index (χ1v) is 11.8. The number of nitrogens with zero attached hydrogens (tertiary/aromatic N) is 2. The number of pyridine rings is 2. The Labute approximate surface area is 215 Å². The van der Waals surface area contributed by atoms with E-state index in [1.54, 1.807) is 6.92 Å². The number of benzene rings is 2. The van der Waals surface area contributed by atoms with E-state index in [-0.39, 0.29) is 45.4 Å². The quantitative estimate of drug-likeness (QED) is 0.146. The largest absolute Gasteiger partial charge is 0.460 e. The van der Waals surface area contributed by atoms with E-state index in [1.807, 2.05) is 0 Å². The number of hydrogen-bond acceptors (Lipinski definition) is 5. The van der Waals surface area contributed by atoms with Crippen molar-refractivity contribution in [2.45, 2.75) is 38.5 Å². The molecule has 200 valence electrons. The van der Waals surface area contributed by atoms with E-state index in [0.29, 0.717) is 0 Å². The SMILES string of the molecule is CC[C@@]1(O)CC(=O)OCc2c1cc1n(c2=O)Cc2c-1nc1cc(F)ccc1c2-c1c(F)c(F)c(F)c(F)c1F. The smallest absolute Gasteiger partial charge is 0.309 e. The lowest BCUT2D eigenvalue weighted by molar-refractivity contribution is -0.149. The number of carbonyl (C=O) groups excluding carboxylic acids is 1. The van der Waals surface area contributed by atoms with Crippen molar-refractivity contribution in [1.29, 1.82) is 0 Å². The van der Waals surface area contributed by atoms with Crippen molar-refractivity contribution >= 4 is 16.9 Å². The fourth-order valence-corrected chi connectivity index (χ4v) is 5.36. The van der Waals surface area contributed by atoms with Crippen LogP contribution in [0.1, 0.15) is 36.5 Å². The molecule has 2 aliphatic rings. The Morgan fingerprint density at radius 1 is 0.949 bits per heavy atom. The third-order valence-corrected chi connectivity index (χ3v) is 7.37. The first-order valence-electron chi connectivity index (χ1n) is 11.8. The summed E-state index contributed by atoms with van der Waals surface area (Å²) in [6.07, 6.45) is -0.421. The predicted molar refractivity (Wildman–Crippen MR) is 124 cm³/mol. The summed E-state index contributed by atoms with van der Waals surface area (Å²) in [5.74, 6) is -12.4. The van der Waals surface area contributed by atoms with E-state index >= 15 is 8.78 Å². The van der Waals surface area contributed by atoms with Gasteiger partial charge in [0.15, 0.2) is 23.3 Å². The van der Waals surface area contributed by atoms with Gasteiger partial charge in [-0.05, 0) is 30.2 Å². The Kier molecular flexibility index (Phi) is 5.41. The van der Waals surface area contributed by atoms with Crippen molar-refractivity contribution in [2.24, 2.45) is 0 Å². The second kappa shape index (κ2) is 8.40. The van der Waals surface area contributed by atoms with Gasteiger partial charge in [0.05, 0.1) is 41.0 Å². The molecule has 12 heteroatoms. The monoisotopic (exact) mass is 546 g/mol. The van der Waals surface area contributed by atoms with Gasteiger partial charge in [-0.3, -0.25) is 9.59 Å². The minimum Gasteiger partial charge on any atom is -0.460 e. The summed E-state index contributed by atoms with van der Waals surface area (Å²) in [7, 11) is 0. The summed E-state index contributed by atoms with van der Waals surface area (Å²) in [6, 6.07) is 4.35. The minimum absolute atomic E-state index is 0.0248. The van der Waals surface area contributed by atoms with Gasteiger partial charge in [-0.2, -0.15) is 0 Å². The normalized spacial score (nSPS) is 18.0. The highest BCUT2D eigenvalue weighted by molar-refractivity contribution is 6.00. The van der Waals surface area contributed by atoms with Gasteiger partial charge in [0.2, 0.25) is 5.82 Å². The summed E-state index contributed by atoms with van der Waals surface area (Å²) in [5.41, 5.74) is -4.39. The number of rotatable bonds is 2. The van der Waals surface area contributed by atoms with Gasteiger partial charge in [0, 0.05) is 22.6 Å². The molecule has 6 nitrogen and oxygen atoms in total. The summed E-state index contributed by atoms with van der Waals surface area (Å²) in [6.45, 7) is 0.748. The molecule has 0 unspecified atom stereocenters. The second-order valence-corrected chi connectivity index (χ2v) is 9.46. The Bertz CT molecular complexity index is 1810. The predicted octanol–water partition coefficient (Wildman–Crippen LogP) is 4.97. The molecule has 0 aliphatic carbocycles. The molecule has 0 amide bonds. The summed E-state index contributed by atoms with van der Waals surface area (Å²) < 4.78 is 93.0. The number of fused-ring (bicyclic) bond motifs is 5. The van der Waals surface area contributed by atoms with Gasteiger partial charge in [0.25, 0.3) is 5.56 Å². The van der Waals surface area contributed by atoms with Crippen molar-refractivity contribution in [1.82, 2.24) is 9.55 Å². The maximum absolute atomic E-state index is 15.1. The van der Waals surface area contributed by atoms with E-state index in [9.17, 15) is 32.3 Å². The highest BCUT2D eigenvalue weighted by Gasteiger charge is 2.40. The molecule has 6 rings (SSSR count). The maximum Gasteiger partial charge on any atom is 0.309 e. The van der Waals surface area contributed by atoms with Crippen LogP contribution in [0, 0.1) is 34.9 Å². The van der Waals surface area contributed by atoms with E-state index in [1.165, 1.54) is 6.07 Å². The number of aliphatic hydroxyl groups is 1. The molecule has 0 bridgehead atoms. The lowest BCUT2D eigenvalue weighted by atomic mass is 9.85. The molecule has 0 radical (unpaired) electrons. The molecule has 4 aromatic rings. The first-order chi connectivity index (χ1) is 18.5. The standard InChI is InChI=1S/C27H16F6N2O4/c1-2-27(38)7-17(36)39-9-13-14(27)6-16-25-12(8-35(16)26(13)37)18(11-4-3-10(28)5-15(11)34-25)19-20(29)22(31)24(33)23(32)21(19)30/h3-6,38H,2,7-9H2,1H3/t27-/m1/s1. The van der Waals surface area contributed by atoms with Crippen LogP contribution in [0.2, 0.25) is 0 Å². The Balaban J connectivity index is 1.73. The van der Waals surface area contributed by atoms with Crippen LogP contribution in [-0.2, 0) is 28.3 Å². The van der Waals surface area contributed by atoms with Gasteiger partial charge in [-0.15, -0.1) is 0 Å². The van der Waals surface area contributed by atoms with E-state index in [0.717, 1.165) is 22.8 Å². The summed E-state index contributed by atoms with van der Waals surface area (Å²) in [5, 5.41) is 11.1. The van der Waals surface area contributed by atoms with Crippen molar-refractivity contribution < 1.29 is 41.0 Å². The lowest BCUT2D eigenvalue weighted by Crippen LogP contribution is -2.32. The number of cyclic esters (lactones) is 1. The number of ether oxygens (including phenoxy) is 1. The molecule has 39 heavy (non-hydrogen) atoms. The van der Waals surface area contributed by atoms with Gasteiger partial charge < -0.3 is 14.4 Å². The zero-order valence-electron chi connectivity index (χ0n) is 20.0.